The Bertz CT molecular complexity index is 1530. The molecule has 0 radical (unpaired) electrons. The first kappa shape index (κ1) is 28.1. The van der Waals surface area contributed by atoms with E-state index in [0.29, 0.717) is 65.8 Å². The number of methoxy groups -OCH3 is 1. The average Bonchev–Trinajstić information content (AvgIpc) is 3.39. The van der Waals surface area contributed by atoms with Gasteiger partial charge in [-0.15, -0.1) is 0 Å². The maximum absolute atomic E-state index is 13.4. The van der Waals surface area contributed by atoms with Gasteiger partial charge >= 0.3 is 0 Å². The number of carbonyl (C=O) groups is 1. The molecular formula is C30H33N7O3. The SMILES string of the molecule is C=C(CC(CC)(CC)C(=O)Nc1ccc(OC)nc1)Nc1ccc(-c2cc(OCC)cn3ncc(C#N)c23)cn1. The number of carbonyl (C=O) groups excluding carboxylic acids is 1. The van der Waals surface area contributed by atoms with Crippen LogP contribution in [0.15, 0.2) is 67.4 Å². The van der Waals surface area contributed by atoms with Gasteiger partial charge in [0.05, 0.1) is 54.5 Å². The van der Waals surface area contributed by atoms with E-state index >= 15 is 0 Å². The van der Waals surface area contributed by atoms with Crippen molar-refractivity contribution in [3.8, 4) is 28.8 Å². The summed E-state index contributed by atoms with van der Waals surface area (Å²) in [6.07, 6.45) is 8.28. The summed E-state index contributed by atoms with van der Waals surface area (Å²) >= 11 is 0. The zero-order valence-electron chi connectivity index (χ0n) is 23.2. The molecule has 4 aromatic rings. The highest BCUT2D eigenvalue weighted by atomic mass is 16.5. The number of nitrogens with one attached hydrogen (secondary N) is 2. The Morgan fingerprint density at radius 2 is 1.90 bits per heavy atom. The lowest BCUT2D eigenvalue weighted by Crippen LogP contribution is -2.36. The van der Waals surface area contributed by atoms with Gasteiger partial charge in [-0.3, -0.25) is 4.79 Å². The minimum Gasteiger partial charge on any atom is -0.492 e. The van der Waals surface area contributed by atoms with Crippen LogP contribution in [0.5, 0.6) is 11.6 Å². The molecule has 1 amide bonds. The van der Waals surface area contributed by atoms with Gasteiger partial charge in [0, 0.05) is 35.5 Å². The summed E-state index contributed by atoms with van der Waals surface area (Å²) in [4.78, 5) is 22.1. The molecule has 0 aliphatic rings. The predicted octanol–water partition coefficient (Wildman–Crippen LogP) is 5.83. The van der Waals surface area contributed by atoms with E-state index in [2.05, 4.69) is 38.3 Å². The summed E-state index contributed by atoms with van der Waals surface area (Å²) in [6, 6.07) is 11.3. The van der Waals surface area contributed by atoms with Crippen LogP contribution in [0.25, 0.3) is 16.6 Å². The fourth-order valence-corrected chi connectivity index (χ4v) is 4.65. The molecule has 4 rings (SSSR count). The molecule has 0 aromatic carbocycles. The molecule has 40 heavy (non-hydrogen) atoms. The summed E-state index contributed by atoms with van der Waals surface area (Å²) < 4.78 is 12.4. The number of fused-ring (bicyclic) bond motifs is 1. The van der Waals surface area contributed by atoms with Crippen molar-refractivity contribution in [2.24, 2.45) is 5.41 Å². The monoisotopic (exact) mass is 539 g/mol. The van der Waals surface area contributed by atoms with Crippen LogP contribution < -0.4 is 20.1 Å². The van der Waals surface area contributed by atoms with Gasteiger partial charge in [-0.2, -0.15) is 10.4 Å². The van der Waals surface area contributed by atoms with Crippen LogP contribution in [-0.2, 0) is 4.79 Å². The highest BCUT2D eigenvalue weighted by Gasteiger charge is 2.35. The lowest BCUT2D eigenvalue weighted by atomic mass is 9.77. The number of allylic oxidation sites excluding steroid dienone is 1. The molecule has 10 nitrogen and oxygen atoms in total. The normalized spacial score (nSPS) is 11.1. The Morgan fingerprint density at radius 1 is 1.10 bits per heavy atom. The van der Waals surface area contributed by atoms with Crippen LogP contribution in [-0.4, -0.2) is 39.2 Å². The number of hydrogen-bond acceptors (Lipinski definition) is 8. The average molecular weight is 540 g/mol. The lowest BCUT2D eigenvalue weighted by molar-refractivity contribution is -0.126. The molecule has 0 saturated heterocycles. The Morgan fingerprint density at radius 3 is 2.50 bits per heavy atom. The van der Waals surface area contributed by atoms with Gasteiger partial charge in [0.1, 0.15) is 17.6 Å². The highest BCUT2D eigenvalue weighted by Crippen LogP contribution is 2.36. The molecule has 0 spiro atoms. The first-order valence-electron chi connectivity index (χ1n) is 13.1. The van der Waals surface area contributed by atoms with Crippen molar-refractivity contribution in [3.63, 3.8) is 0 Å². The summed E-state index contributed by atoms with van der Waals surface area (Å²) in [5.74, 6) is 1.63. The fourth-order valence-electron chi connectivity index (χ4n) is 4.65. The van der Waals surface area contributed by atoms with E-state index in [9.17, 15) is 10.1 Å². The van der Waals surface area contributed by atoms with Crippen LogP contribution >= 0.6 is 0 Å². The van der Waals surface area contributed by atoms with Crippen molar-refractivity contribution in [1.82, 2.24) is 19.6 Å². The second-order valence-electron chi connectivity index (χ2n) is 9.35. The van der Waals surface area contributed by atoms with Crippen molar-refractivity contribution < 1.29 is 14.3 Å². The van der Waals surface area contributed by atoms with E-state index in [1.54, 1.807) is 42.3 Å². The molecule has 0 aliphatic carbocycles. The van der Waals surface area contributed by atoms with Gasteiger partial charge in [-0.1, -0.05) is 20.4 Å². The van der Waals surface area contributed by atoms with Crippen LogP contribution in [0.1, 0.15) is 45.6 Å². The van der Waals surface area contributed by atoms with E-state index in [-0.39, 0.29) is 5.91 Å². The molecule has 0 saturated carbocycles. The second-order valence-corrected chi connectivity index (χ2v) is 9.35. The van der Waals surface area contributed by atoms with Crippen molar-refractivity contribution >= 4 is 22.9 Å². The third-order valence-corrected chi connectivity index (χ3v) is 6.99. The third-order valence-electron chi connectivity index (χ3n) is 6.99. The number of rotatable bonds is 12. The Hall–Kier alpha value is -4.91. The van der Waals surface area contributed by atoms with Crippen LogP contribution in [0.3, 0.4) is 0 Å². The number of ether oxygens (including phenoxy) is 2. The van der Waals surface area contributed by atoms with Crippen LogP contribution in [0.4, 0.5) is 11.5 Å². The molecule has 0 fully saturated rings. The summed E-state index contributed by atoms with van der Waals surface area (Å²) in [5, 5.41) is 20.1. The van der Waals surface area contributed by atoms with Crippen molar-refractivity contribution in [1.29, 1.82) is 5.26 Å². The summed E-state index contributed by atoms with van der Waals surface area (Å²) in [5.41, 5.74) is 3.37. The van der Waals surface area contributed by atoms with E-state index in [4.69, 9.17) is 9.47 Å². The summed E-state index contributed by atoms with van der Waals surface area (Å²) in [7, 11) is 1.55. The van der Waals surface area contributed by atoms with E-state index < -0.39 is 5.41 Å². The fraction of sp³-hybridized carbons (Fsp3) is 0.300. The molecule has 0 bridgehead atoms. The minimum absolute atomic E-state index is 0.0944. The second kappa shape index (κ2) is 12.3. The Kier molecular flexibility index (Phi) is 8.64. The standard InChI is InChI=1S/C30H33N7O3/c1-6-30(7-2,29(38)36-23-10-12-27(39-5)33-18-23)14-20(4)35-26-11-9-21(16-32-26)25-13-24(40-8-3)19-37-28(25)22(15-31)17-34-37/h9-13,16-19H,4,6-8,14H2,1-3,5H3,(H,32,35)(H,36,38). The first-order valence-corrected chi connectivity index (χ1v) is 13.1. The quantitative estimate of drug-likeness (QED) is 0.230. The van der Waals surface area contributed by atoms with Gasteiger partial charge in [-0.05, 0) is 44.0 Å². The molecule has 10 heteroatoms. The van der Waals surface area contributed by atoms with Crippen LogP contribution in [0, 0.1) is 16.7 Å². The largest absolute Gasteiger partial charge is 0.492 e. The van der Waals surface area contributed by atoms with E-state index in [1.807, 2.05) is 39.0 Å². The number of nitriles is 1. The highest BCUT2D eigenvalue weighted by molar-refractivity contribution is 5.95. The summed E-state index contributed by atoms with van der Waals surface area (Å²) in [6.45, 7) is 10.6. The number of hydrogen-bond donors (Lipinski definition) is 2. The lowest BCUT2D eigenvalue weighted by Gasteiger charge is -2.31. The zero-order chi connectivity index (χ0) is 28.7. The molecule has 0 aliphatic heterocycles. The van der Waals surface area contributed by atoms with Crippen molar-refractivity contribution in [3.05, 3.63) is 73.0 Å². The molecule has 4 aromatic heterocycles. The Balaban J connectivity index is 1.50. The Labute approximate surface area is 233 Å². The van der Waals surface area contributed by atoms with Crippen LogP contribution in [0.2, 0.25) is 0 Å². The number of amides is 1. The van der Waals surface area contributed by atoms with Gasteiger partial charge in [0.15, 0.2) is 0 Å². The number of aromatic nitrogens is 4. The number of nitrogens with zero attached hydrogens (tertiary/aromatic N) is 5. The van der Waals surface area contributed by atoms with Gasteiger partial charge in [-0.25, -0.2) is 14.5 Å². The number of anilines is 2. The van der Waals surface area contributed by atoms with Gasteiger partial charge in [0.2, 0.25) is 11.8 Å². The van der Waals surface area contributed by atoms with E-state index in [0.717, 1.165) is 11.1 Å². The predicted molar refractivity (Wildman–Crippen MR) is 154 cm³/mol. The first-order chi connectivity index (χ1) is 19.4. The van der Waals surface area contributed by atoms with Crippen molar-refractivity contribution in [2.75, 3.05) is 24.4 Å². The van der Waals surface area contributed by atoms with E-state index in [1.165, 1.54) is 6.20 Å². The molecular weight excluding hydrogens is 506 g/mol. The van der Waals surface area contributed by atoms with Gasteiger partial charge < -0.3 is 20.1 Å². The molecule has 4 heterocycles. The molecule has 206 valence electrons. The third kappa shape index (κ3) is 5.89. The maximum Gasteiger partial charge on any atom is 0.231 e. The molecule has 0 unspecified atom stereocenters. The van der Waals surface area contributed by atoms with Crippen molar-refractivity contribution in [2.45, 2.75) is 40.0 Å². The molecule has 2 N–H and O–H groups in total. The van der Waals surface area contributed by atoms with Gasteiger partial charge in [0.25, 0.3) is 0 Å². The smallest absolute Gasteiger partial charge is 0.231 e. The maximum atomic E-state index is 13.4. The minimum atomic E-state index is -0.662. The topological polar surface area (TPSA) is 126 Å². The number of pyridine rings is 3. The zero-order valence-corrected chi connectivity index (χ0v) is 23.2. The molecule has 0 atom stereocenters.